The van der Waals surface area contributed by atoms with Crippen LogP contribution < -0.4 is 5.73 Å². The topological polar surface area (TPSA) is 60.4 Å². The predicted octanol–water partition coefficient (Wildman–Crippen LogP) is 1.13. The maximum Gasteiger partial charge on any atom is 0.248 e. The van der Waals surface area contributed by atoms with Crippen LogP contribution in [0.1, 0.15) is 16.1 Å². The van der Waals surface area contributed by atoms with Crippen molar-refractivity contribution in [3.8, 4) is 0 Å². The van der Waals surface area contributed by atoms with E-state index in [9.17, 15) is 4.79 Å². The number of hydrogen-bond donors (Lipinski definition) is 1. The van der Waals surface area contributed by atoms with Crippen LogP contribution in [0.15, 0.2) is 29.3 Å². The monoisotopic (exact) mass is 199 g/mol. The van der Waals surface area contributed by atoms with Gasteiger partial charge in [-0.15, -0.1) is 0 Å². The molecule has 0 saturated heterocycles. The summed E-state index contributed by atoms with van der Waals surface area (Å²) in [4.78, 5) is 15.2. The van der Waals surface area contributed by atoms with Crippen LogP contribution in [0.25, 0.3) is 10.9 Å². The van der Waals surface area contributed by atoms with Crippen molar-refractivity contribution in [2.75, 3.05) is 0 Å². The van der Waals surface area contributed by atoms with Crippen LogP contribution in [0, 0.1) is 0 Å². The molecule has 1 aliphatic heterocycles. The number of primary amides is 1. The smallest absolute Gasteiger partial charge is 0.248 e. The largest absolute Gasteiger partial charge is 0.366 e. The lowest BCUT2D eigenvalue weighted by Gasteiger charge is -2.00. The summed E-state index contributed by atoms with van der Waals surface area (Å²) >= 11 is 0. The van der Waals surface area contributed by atoms with Gasteiger partial charge in [0.15, 0.2) is 0 Å². The van der Waals surface area contributed by atoms with Crippen molar-refractivity contribution in [2.45, 2.75) is 6.67 Å². The second-order valence-corrected chi connectivity index (χ2v) is 3.59. The first-order valence-corrected chi connectivity index (χ1v) is 4.68. The summed E-state index contributed by atoms with van der Waals surface area (Å²) in [6.07, 6.45) is 1.84. The summed E-state index contributed by atoms with van der Waals surface area (Å²) in [7, 11) is 0. The summed E-state index contributed by atoms with van der Waals surface area (Å²) in [6, 6.07) is 7.53. The fourth-order valence-electron chi connectivity index (χ4n) is 1.91. The molecule has 2 N–H and O–H groups in total. The van der Waals surface area contributed by atoms with Crippen molar-refractivity contribution in [3.63, 3.8) is 0 Å². The summed E-state index contributed by atoms with van der Waals surface area (Å²) in [6.45, 7) is 0.626. The van der Waals surface area contributed by atoms with Gasteiger partial charge in [0.2, 0.25) is 5.91 Å². The predicted molar refractivity (Wildman–Crippen MR) is 58.0 cm³/mol. The van der Waals surface area contributed by atoms with Crippen LogP contribution in [0.4, 0.5) is 0 Å². The van der Waals surface area contributed by atoms with Crippen LogP contribution in [0.2, 0.25) is 0 Å². The first-order chi connectivity index (χ1) is 7.25. The van der Waals surface area contributed by atoms with Crippen LogP contribution in [-0.2, 0) is 6.67 Å². The van der Waals surface area contributed by atoms with E-state index in [-0.39, 0.29) is 0 Å². The van der Waals surface area contributed by atoms with Gasteiger partial charge in [0.25, 0.3) is 0 Å². The Morgan fingerprint density at radius 2 is 2.27 bits per heavy atom. The highest BCUT2D eigenvalue weighted by Crippen LogP contribution is 2.22. The SMILES string of the molecule is NC(=O)c1ccc2cc3n(c2c1)CN=C3. The Labute approximate surface area is 86.0 Å². The van der Waals surface area contributed by atoms with Crippen molar-refractivity contribution in [3.05, 3.63) is 35.5 Å². The molecule has 4 nitrogen and oxygen atoms in total. The van der Waals surface area contributed by atoms with E-state index in [2.05, 4.69) is 15.6 Å². The number of hydrogen-bond acceptors (Lipinski definition) is 2. The Bertz CT molecular complexity index is 595. The Hall–Kier alpha value is -2.10. The number of carbonyl (C=O) groups excluding carboxylic acids is 1. The molecule has 0 radical (unpaired) electrons. The van der Waals surface area contributed by atoms with E-state index in [0.29, 0.717) is 12.2 Å². The molecular weight excluding hydrogens is 190 g/mol. The molecular formula is C11H9N3O. The summed E-state index contributed by atoms with van der Waals surface area (Å²) in [5.74, 6) is -0.397. The molecule has 1 aliphatic rings. The summed E-state index contributed by atoms with van der Waals surface area (Å²) in [5, 5.41) is 1.11. The van der Waals surface area contributed by atoms with Crippen molar-refractivity contribution in [1.82, 2.24) is 4.57 Å². The van der Waals surface area contributed by atoms with E-state index in [1.807, 2.05) is 18.3 Å². The Morgan fingerprint density at radius 1 is 1.40 bits per heavy atom. The van der Waals surface area contributed by atoms with Crippen molar-refractivity contribution < 1.29 is 4.79 Å². The molecule has 0 aliphatic carbocycles. The van der Waals surface area contributed by atoms with Gasteiger partial charge in [-0.3, -0.25) is 9.79 Å². The fraction of sp³-hybridized carbons (Fsp3) is 0.0909. The van der Waals surface area contributed by atoms with Crippen molar-refractivity contribution >= 4 is 23.0 Å². The number of fused-ring (bicyclic) bond motifs is 3. The third-order valence-corrected chi connectivity index (χ3v) is 2.67. The zero-order valence-electron chi connectivity index (χ0n) is 7.97. The van der Waals surface area contributed by atoms with Crippen LogP contribution in [-0.4, -0.2) is 16.7 Å². The second-order valence-electron chi connectivity index (χ2n) is 3.59. The first-order valence-electron chi connectivity index (χ1n) is 4.68. The molecule has 4 heteroatoms. The summed E-state index contributed by atoms with van der Waals surface area (Å²) in [5.41, 5.74) is 7.86. The quantitative estimate of drug-likeness (QED) is 0.735. The molecule has 1 amide bonds. The maximum absolute atomic E-state index is 11.0. The normalized spacial score (nSPS) is 13.3. The van der Waals surface area contributed by atoms with E-state index >= 15 is 0 Å². The van der Waals surface area contributed by atoms with Crippen LogP contribution in [0.3, 0.4) is 0 Å². The standard InChI is InChI=1S/C11H9N3O/c12-11(15)8-2-1-7-3-9-5-13-6-14(9)10(7)4-8/h1-5H,6H2,(H2,12,15). The minimum atomic E-state index is -0.397. The molecule has 74 valence electrons. The molecule has 2 heterocycles. The lowest BCUT2D eigenvalue weighted by atomic mass is 10.1. The van der Waals surface area contributed by atoms with Crippen molar-refractivity contribution in [1.29, 1.82) is 0 Å². The zero-order valence-corrected chi connectivity index (χ0v) is 7.97. The zero-order chi connectivity index (χ0) is 10.4. The van der Waals surface area contributed by atoms with Gasteiger partial charge in [0.1, 0.15) is 6.67 Å². The molecule has 3 rings (SSSR count). The minimum absolute atomic E-state index is 0.397. The van der Waals surface area contributed by atoms with Gasteiger partial charge in [0.05, 0.1) is 11.2 Å². The summed E-state index contributed by atoms with van der Waals surface area (Å²) < 4.78 is 2.06. The lowest BCUT2D eigenvalue weighted by Crippen LogP contribution is -2.10. The Balaban J connectivity index is 2.31. The average molecular weight is 199 g/mol. The van der Waals surface area contributed by atoms with Gasteiger partial charge in [-0.25, -0.2) is 0 Å². The Morgan fingerprint density at radius 3 is 3.07 bits per heavy atom. The van der Waals surface area contributed by atoms with Gasteiger partial charge in [0, 0.05) is 17.2 Å². The van der Waals surface area contributed by atoms with Gasteiger partial charge in [-0.05, 0) is 18.2 Å². The fourth-order valence-corrected chi connectivity index (χ4v) is 1.91. The number of benzene rings is 1. The lowest BCUT2D eigenvalue weighted by molar-refractivity contribution is 0.100. The molecule has 0 unspecified atom stereocenters. The minimum Gasteiger partial charge on any atom is -0.366 e. The van der Waals surface area contributed by atoms with Gasteiger partial charge in [-0.2, -0.15) is 0 Å². The number of nitrogens with two attached hydrogens (primary N) is 1. The molecule has 2 aromatic rings. The molecule has 0 saturated carbocycles. The number of aromatic nitrogens is 1. The highest BCUT2D eigenvalue weighted by molar-refractivity contribution is 5.99. The highest BCUT2D eigenvalue weighted by atomic mass is 16.1. The third kappa shape index (κ3) is 1.08. The molecule has 0 bridgehead atoms. The molecule has 1 aromatic carbocycles. The Kier molecular flexibility index (Phi) is 1.48. The van der Waals surface area contributed by atoms with E-state index in [1.54, 1.807) is 6.07 Å². The number of aliphatic imine (C=N–C) groups is 1. The first kappa shape index (κ1) is 8.23. The van der Waals surface area contributed by atoms with E-state index in [0.717, 1.165) is 16.6 Å². The highest BCUT2D eigenvalue weighted by Gasteiger charge is 2.11. The van der Waals surface area contributed by atoms with Gasteiger partial charge in [-0.1, -0.05) is 6.07 Å². The number of carbonyl (C=O) groups is 1. The van der Waals surface area contributed by atoms with E-state index in [1.165, 1.54) is 0 Å². The molecule has 0 atom stereocenters. The molecule has 0 fully saturated rings. The maximum atomic E-state index is 11.0. The molecule has 15 heavy (non-hydrogen) atoms. The molecule has 0 spiro atoms. The molecule has 1 aromatic heterocycles. The van der Waals surface area contributed by atoms with Gasteiger partial charge < -0.3 is 10.3 Å². The second kappa shape index (κ2) is 2.70. The number of nitrogens with zero attached hydrogens (tertiary/aromatic N) is 2. The number of amides is 1. The van der Waals surface area contributed by atoms with Crippen molar-refractivity contribution in [2.24, 2.45) is 10.7 Å². The van der Waals surface area contributed by atoms with E-state index < -0.39 is 5.91 Å². The van der Waals surface area contributed by atoms with E-state index in [4.69, 9.17) is 5.73 Å². The third-order valence-electron chi connectivity index (χ3n) is 2.67. The average Bonchev–Trinajstić information content (AvgIpc) is 2.75. The van der Waals surface area contributed by atoms with Gasteiger partial charge >= 0.3 is 0 Å². The number of rotatable bonds is 1. The van der Waals surface area contributed by atoms with Crippen LogP contribution >= 0.6 is 0 Å². The van der Waals surface area contributed by atoms with Crippen LogP contribution in [0.5, 0.6) is 0 Å².